The predicted octanol–water partition coefficient (Wildman–Crippen LogP) is -0.0152. The largest absolute Gasteiger partial charge is 0.393 e. The van der Waals surface area contributed by atoms with E-state index in [2.05, 4.69) is 4.98 Å². The summed E-state index contributed by atoms with van der Waals surface area (Å²) >= 11 is 0. The summed E-state index contributed by atoms with van der Waals surface area (Å²) in [5.41, 5.74) is -5.37. The molecule has 0 aliphatic carbocycles. The Morgan fingerprint density at radius 3 is 3.10 bits per heavy atom. The molecule has 1 unspecified atom stereocenters. The van der Waals surface area contributed by atoms with Gasteiger partial charge in [0.05, 0.1) is 16.5 Å². The Balaban J connectivity index is 3.00. The minimum Gasteiger partial charge on any atom is -0.393 e. The molecule has 0 aliphatic heterocycles. The molecule has 0 aromatic carbocycles. The molecule has 2 rings (SSSR count). The number of fused-ring (bicyclic) bond motifs is 1. The van der Waals surface area contributed by atoms with Crippen molar-refractivity contribution in [2.75, 3.05) is 0 Å². The maximum absolute atomic E-state index is 13.2. The minimum atomic E-state index is -4.43. The monoisotopic (exact) mass is 296 g/mol. The molecule has 0 fully saturated rings. The molecule has 7 nitrogen and oxygen atoms in total. The molecule has 0 saturated heterocycles. The molecular formula is C13H20N4O3. The molecule has 0 radical (unpaired) electrons. The molecule has 1 N–H and O–H groups in total. The molecule has 0 saturated carbocycles. The Morgan fingerprint density at radius 1 is 1.60 bits per heavy atom. The van der Waals surface area contributed by atoms with Crippen molar-refractivity contribution in [1.29, 1.82) is 0 Å². The molecule has 110 valence electrons. The molecule has 2 heterocycles. The fourth-order valence-electron chi connectivity index (χ4n) is 1.43. The number of hydrogen-bond donors (Lipinski definition) is 1. The van der Waals surface area contributed by atoms with E-state index in [0.717, 1.165) is 7.05 Å². The van der Waals surface area contributed by atoms with Crippen molar-refractivity contribution in [2.45, 2.75) is 38.5 Å². The van der Waals surface area contributed by atoms with Gasteiger partial charge in [0.1, 0.15) is 1.37 Å². The highest BCUT2D eigenvalue weighted by atomic mass is 16.3. The van der Waals surface area contributed by atoms with Gasteiger partial charge in [0.15, 0.2) is 11.2 Å². The summed E-state index contributed by atoms with van der Waals surface area (Å²) in [7, 11) is 0.855. The molecule has 0 bridgehead atoms. The van der Waals surface area contributed by atoms with Crippen LogP contribution in [0.2, 0.25) is 0 Å². The summed E-state index contributed by atoms with van der Waals surface area (Å²) in [4.78, 5) is 29.5. The van der Waals surface area contributed by atoms with Gasteiger partial charge in [-0.25, -0.2) is 9.78 Å². The normalized spacial score (nSPS) is 30.5. The second-order valence-electron chi connectivity index (χ2n) is 3.54. The Kier molecular flexibility index (Phi) is 1.21. The van der Waals surface area contributed by atoms with Gasteiger partial charge >= 0.3 is 5.69 Å². The van der Waals surface area contributed by atoms with Gasteiger partial charge in [0.2, 0.25) is 0 Å². The van der Waals surface area contributed by atoms with E-state index in [1.807, 2.05) is 0 Å². The van der Waals surface area contributed by atoms with Crippen molar-refractivity contribution in [3.8, 4) is 0 Å². The van der Waals surface area contributed by atoms with Crippen molar-refractivity contribution in [1.82, 2.24) is 18.7 Å². The van der Waals surface area contributed by atoms with Crippen molar-refractivity contribution >= 4 is 11.2 Å². The predicted molar refractivity (Wildman–Crippen MR) is 75.7 cm³/mol. The average Bonchev–Trinajstić information content (AvgIpc) is 3.02. The van der Waals surface area contributed by atoms with Crippen LogP contribution in [0, 0.1) is 0 Å². The smallest absolute Gasteiger partial charge is 0.332 e. The van der Waals surface area contributed by atoms with Crippen LogP contribution in [0.15, 0.2) is 15.9 Å². The van der Waals surface area contributed by atoms with E-state index in [1.165, 1.54) is 0 Å². The van der Waals surface area contributed by atoms with E-state index in [0.29, 0.717) is 4.57 Å². The lowest BCUT2D eigenvalue weighted by Gasteiger charge is -2.09. The first-order valence-corrected chi connectivity index (χ1v) is 5.07. The second-order valence-corrected chi connectivity index (χ2v) is 3.54. The first-order chi connectivity index (χ1) is 15.6. The molecule has 2 aromatic rings. The Labute approximate surface area is 138 Å². The zero-order chi connectivity index (χ0) is 28.8. The van der Waals surface area contributed by atoms with Crippen molar-refractivity contribution < 1.29 is 27.0 Å². The van der Waals surface area contributed by atoms with Crippen LogP contribution in [0.1, 0.15) is 47.9 Å². The van der Waals surface area contributed by atoms with Gasteiger partial charge < -0.3 is 9.67 Å². The highest BCUT2D eigenvalue weighted by molar-refractivity contribution is 5.69. The molecule has 1 atom stereocenters. The van der Waals surface area contributed by atoms with E-state index in [1.54, 1.807) is 0 Å². The zero-order valence-corrected chi connectivity index (χ0v) is 10.1. The van der Waals surface area contributed by atoms with Crippen molar-refractivity contribution in [3.05, 3.63) is 27.1 Å². The zero-order valence-electron chi connectivity index (χ0n) is 26.1. The van der Waals surface area contributed by atoms with Crippen LogP contribution in [-0.2, 0) is 20.5 Å². The van der Waals surface area contributed by atoms with Gasteiger partial charge in [-0.15, -0.1) is 0 Å². The quantitative estimate of drug-likeness (QED) is 0.841. The molecular weight excluding hydrogens is 260 g/mol. The van der Waals surface area contributed by atoms with Gasteiger partial charge in [-0.05, 0) is 26.0 Å². The van der Waals surface area contributed by atoms with Crippen LogP contribution in [-0.4, -0.2) is 29.9 Å². The van der Waals surface area contributed by atoms with Gasteiger partial charge in [0.25, 0.3) is 5.56 Å². The van der Waals surface area contributed by atoms with E-state index in [4.69, 9.17) is 21.9 Å². The first kappa shape index (κ1) is 4.30. The summed E-state index contributed by atoms with van der Waals surface area (Å²) in [5.74, 6) is 0. The van der Waals surface area contributed by atoms with E-state index < -0.39 is 78.8 Å². The number of aliphatic hydroxyl groups is 1. The van der Waals surface area contributed by atoms with Crippen LogP contribution in [0.4, 0.5) is 0 Å². The maximum Gasteiger partial charge on any atom is 0.332 e. The van der Waals surface area contributed by atoms with Gasteiger partial charge in [-0.3, -0.25) is 13.9 Å². The van der Waals surface area contributed by atoms with Gasteiger partial charge in [0, 0.05) is 37.0 Å². The van der Waals surface area contributed by atoms with E-state index in [9.17, 15) is 14.7 Å². The van der Waals surface area contributed by atoms with E-state index in [-0.39, 0.29) is 4.57 Å². The SMILES string of the molecule is [2H]c1nc2c(c(=O)n(C([2H])([2H])C([2H])([2H])C([2H])([2H])C([2H])([2H])C([2H])(O)C([2H])([2H])[2H])c(=O)n2C)n1C([2H])([2H])[2H]. The number of aryl methyl sites for hydroxylation is 2. The summed E-state index contributed by atoms with van der Waals surface area (Å²) in [6.07, 6.45) is -18.6. The van der Waals surface area contributed by atoms with Crippen LogP contribution >= 0.6 is 0 Å². The lowest BCUT2D eigenvalue weighted by molar-refractivity contribution is 0.180. The minimum absolute atomic E-state index is 0.0390. The van der Waals surface area contributed by atoms with Gasteiger partial charge in [-0.2, -0.15) is 0 Å². The number of nitrogens with zero attached hydrogens (tertiary/aromatic N) is 4. The molecule has 0 amide bonds. The van der Waals surface area contributed by atoms with Crippen LogP contribution in [0.25, 0.3) is 11.2 Å². The third-order valence-electron chi connectivity index (χ3n) is 2.30. The number of rotatable bonds is 5. The lowest BCUT2D eigenvalue weighted by atomic mass is 10.2. The summed E-state index contributed by atoms with van der Waals surface area (Å²) in [6, 6.07) is 0. The molecule has 7 heteroatoms. The third-order valence-corrected chi connectivity index (χ3v) is 2.30. The Bertz CT molecular complexity index is 1310. The maximum atomic E-state index is 13.2. The van der Waals surface area contributed by atoms with Crippen molar-refractivity contribution in [2.24, 2.45) is 14.0 Å². The average molecular weight is 296 g/mol. The first-order valence-electron chi connectivity index (χ1n) is 13.1. The number of imidazole rings is 1. The Morgan fingerprint density at radius 2 is 2.40 bits per heavy atom. The van der Waals surface area contributed by atoms with E-state index >= 15 is 0 Å². The topological polar surface area (TPSA) is 82.1 Å². The van der Waals surface area contributed by atoms with Gasteiger partial charge in [-0.1, -0.05) is 0 Å². The van der Waals surface area contributed by atoms with Crippen LogP contribution in [0.3, 0.4) is 0 Å². The molecule has 20 heavy (non-hydrogen) atoms. The fraction of sp³-hybridized carbons (Fsp3) is 0.615. The standard InChI is InChI=1S/C13H20N4O3/c1-9(18)6-4-5-7-17-12(19)10-11(14-8-15(10)2)16(3)13(17)20/h8-9,18H,4-7H2,1-3H3/i1D3,2D3,4D2,5D2,6D2,7D2,8D,9D. The highest BCUT2D eigenvalue weighted by Crippen LogP contribution is 2.04. The van der Waals surface area contributed by atoms with Crippen LogP contribution < -0.4 is 11.2 Å². The van der Waals surface area contributed by atoms with Crippen LogP contribution in [0.5, 0.6) is 0 Å². The molecule has 0 aliphatic rings. The lowest BCUT2D eigenvalue weighted by Crippen LogP contribution is -2.39. The summed E-state index contributed by atoms with van der Waals surface area (Å²) < 4.78 is 123. The summed E-state index contributed by atoms with van der Waals surface area (Å²) in [6.45, 7) is -11.4. The number of hydrogen-bond acceptors (Lipinski definition) is 4. The third kappa shape index (κ3) is 2.53. The number of aromatic nitrogens is 4. The second kappa shape index (κ2) is 5.62. The Hall–Kier alpha value is -1.89. The molecule has 2 aromatic heterocycles. The van der Waals surface area contributed by atoms with Crippen molar-refractivity contribution in [3.63, 3.8) is 0 Å². The summed E-state index contributed by atoms with van der Waals surface area (Å²) in [5, 5.41) is 10.0. The fourth-order valence-corrected chi connectivity index (χ4v) is 1.43. The molecule has 0 spiro atoms. The highest BCUT2D eigenvalue weighted by Gasteiger charge is 2.14.